The lowest BCUT2D eigenvalue weighted by atomic mass is 10.1. The third-order valence-electron chi connectivity index (χ3n) is 3.63. The monoisotopic (exact) mass is 323 g/mol. The first-order valence-corrected chi connectivity index (χ1v) is 7.57. The van der Waals surface area contributed by atoms with Crippen molar-refractivity contribution in [1.29, 1.82) is 5.26 Å². The molecule has 1 amide bonds. The van der Waals surface area contributed by atoms with E-state index in [0.29, 0.717) is 13.0 Å². The maximum atomic E-state index is 12.7. The van der Waals surface area contributed by atoms with Crippen molar-refractivity contribution < 1.29 is 9.72 Å². The van der Waals surface area contributed by atoms with E-state index in [1.54, 1.807) is 6.07 Å². The summed E-state index contributed by atoms with van der Waals surface area (Å²) in [5, 5.41) is 19.9. The van der Waals surface area contributed by atoms with Crippen LogP contribution >= 0.6 is 0 Å². The zero-order chi connectivity index (χ0) is 17.4. The van der Waals surface area contributed by atoms with Crippen LogP contribution < -0.4 is 0 Å². The van der Waals surface area contributed by atoms with Gasteiger partial charge < -0.3 is 4.90 Å². The average Bonchev–Trinajstić information content (AvgIpc) is 2.62. The summed E-state index contributed by atoms with van der Waals surface area (Å²) in [7, 11) is 0. The minimum Gasteiger partial charge on any atom is -0.337 e. The van der Waals surface area contributed by atoms with Gasteiger partial charge in [-0.25, -0.2) is 0 Å². The topological polar surface area (TPSA) is 87.2 Å². The highest BCUT2D eigenvalue weighted by Gasteiger charge is 2.23. The number of carbonyl (C=O) groups is 1. The van der Waals surface area contributed by atoms with E-state index in [2.05, 4.69) is 0 Å². The standard InChI is InChI=1S/C18H17N3O3/c19-12-6-13-20(14-11-15-7-2-1-3-8-15)18(22)16-9-4-5-10-17(16)21(23)24/h1-5,7-10H,6,11,13-14H2. The Hall–Kier alpha value is -3.20. The van der Waals surface area contributed by atoms with Crippen LogP contribution in [-0.2, 0) is 6.42 Å². The number of para-hydroxylation sites is 1. The van der Waals surface area contributed by atoms with E-state index in [0.717, 1.165) is 5.56 Å². The fraction of sp³-hybridized carbons (Fsp3) is 0.222. The van der Waals surface area contributed by atoms with Gasteiger partial charge in [0.2, 0.25) is 0 Å². The summed E-state index contributed by atoms with van der Waals surface area (Å²) < 4.78 is 0. The van der Waals surface area contributed by atoms with Gasteiger partial charge in [0, 0.05) is 19.2 Å². The predicted octanol–water partition coefficient (Wildman–Crippen LogP) is 3.19. The van der Waals surface area contributed by atoms with Gasteiger partial charge in [0.1, 0.15) is 5.56 Å². The number of carbonyl (C=O) groups excluding carboxylic acids is 1. The third kappa shape index (κ3) is 4.40. The second-order valence-electron chi connectivity index (χ2n) is 5.21. The van der Waals surface area contributed by atoms with E-state index >= 15 is 0 Å². The molecule has 0 spiro atoms. The molecule has 0 bridgehead atoms. The zero-order valence-electron chi connectivity index (χ0n) is 13.1. The second-order valence-corrected chi connectivity index (χ2v) is 5.21. The average molecular weight is 323 g/mol. The van der Waals surface area contributed by atoms with Crippen molar-refractivity contribution in [2.24, 2.45) is 0 Å². The Morgan fingerprint density at radius 3 is 2.42 bits per heavy atom. The minimum atomic E-state index is -0.563. The third-order valence-corrected chi connectivity index (χ3v) is 3.63. The summed E-state index contributed by atoms with van der Waals surface area (Å²) in [5.41, 5.74) is 0.896. The molecule has 0 atom stereocenters. The number of hydrogen-bond donors (Lipinski definition) is 0. The van der Waals surface area contributed by atoms with Crippen molar-refractivity contribution >= 4 is 11.6 Å². The highest BCUT2D eigenvalue weighted by molar-refractivity contribution is 5.98. The molecule has 0 fully saturated rings. The second kappa shape index (κ2) is 8.44. The number of benzene rings is 2. The summed E-state index contributed by atoms with van der Waals surface area (Å²) in [6.45, 7) is 0.644. The minimum absolute atomic E-state index is 0.0495. The number of amides is 1. The zero-order valence-corrected chi connectivity index (χ0v) is 13.1. The van der Waals surface area contributed by atoms with Gasteiger partial charge in [-0.15, -0.1) is 0 Å². The first-order valence-electron chi connectivity index (χ1n) is 7.57. The molecule has 24 heavy (non-hydrogen) atoms. The molecule has 0 heterocycles. The summed E-state index contributed by atoms with van der Waals surface area (Å²) in [4.78, 5) is 24.8. The molecule has 0 N–H and O–H groups in total. The lowest BCUT2D eigenvalue weighted by molar-refractivity contribution is -0.385. The van der Waals surface area contributed by atoms with Gasteiger partial charge in [-0.2, -0.15) is 5.26 Å². The van der Waals surface area contributed by atoms with Crippen molar-refractivity contribution in [3.63, 3.8) is 0 Å². The molecule has 122 valence electrons. The largest absolute Gasteiger partial charge is 0.337 e. The summed E-state index contributed by atoms with van der Waals surface area (Å²) in [5.74, 6) is -0.423. The summed E-state index contributed by atoms with van der Waals surface area (Å²) >= 11 is 0. The van der Waals surface area contributed by atoms with Gasteiger partial charge in [0.15, 0.2) is 0 Å². The van der Waals surface area contributed by atoms with E-state index < -0.39 is 10.8 Å². The lowest BCUT2D eigenvalue weighted by Gasteiger charge is -2.21. The number of nitro benzene ring substituents is 1. The molecule has 0 aromatic heterocycles. The van der Waals surface area contributed by atoms with Crippen molar-refractivity contribution in [2.45, 2.75) is 12.8 Å². The Morgan fingerprint density at radius 2 is 1.75 bits per heavy atom. The molecular formula is C18H17N3O3. The number of rotatable bonds is 7. The molecule has 0 unspecified atom stereocenters. The first-order chi connectivity index (χ1) is 11.6. The number of nitrogens with zero attached hydrogens (tertiary/aromatic N) is 3. The normalized spacial score (nSPS) is 9.96. The van der Waals surface area contributed by atoms with E-state index in [1.807, 2.05) is 36.4 Å². The number of nitro groups is 1. The lowest BCUT2D eigenvalue weighted by Crippen LogP contribution is -2.34. The van der Waals surface area contributed by atoms with Gasteiger partial charge in [-0.1, -0.05) is 42.5 Å². The van der Waals surface area contributed by atoms with Gasteiger partial charge >= 0.3 is 0 Å². The van der Waals surface area contributed by atoms with E-state index in [9.17, 15) is 14.9 Å². The van der Waals surface area contributed by atoms with Crippen LogP contribution in [0.1, 0.15) is 22.3 Å². The fourth-order valence-corrected chi connectivity index (χ4v) is 2.39. The Labute approximate surface area is 140 Å². The Kier molecular flexibility index (Phi) is 6.03. The molecule has 0 aliphatic rings. The molecule has 2 rings (SSSR count). The van der Waals surface area contributed by atoms with Crippen LogP contribution in [0.15, 0.2) is 54.6 Å². The smallest absolute Gasteiger partial charge is 0.282 e. The quantitative estimate of drug-likeness (QED) is 0.578. The number of nitriles is 1. The maximum absolute atomic E-state index is 12.7. The molecule has 6 heteroatoms. The highest BCUT2D eigenvalue weighted by atomic mass is 16.6. The van der Waals surface area contributed by atoms with Crippen LogP contribution in [0.25, 0.3) is 0 Å². The molecule has 0 saturated heterocycles. The fourth-order valence-electron chi connectivity index (χ4n) is 2.39. The highest BCUT2D eigenvalue weighted by Crippen LogP contribution is 2.20. The van der Waals surface area contributed by atoms with Crippen LogP contribution in [-0.4, -0.2) is 28.8 Å². The van der Waals surface area contributed by atoms with Gasteiger partial charge in [0.05, 0.1) is 17.4 Å². The molecule has 0 aliphatic heterocycles. The maximum Gasteiger partial charge on any atom is 0.282 e. The SMILES string of the molecule is N#CCCN(CCc1ccccc1)C(=O)c1ccccc1[N+](=O)[O-]. The first kappa shape index (κ1) is 17.2. The van der Waals surface area contributed by atoms with Crippen molar-refractivity contribution in [3.05, 3.63) is 75.8 Å². The van der Waals surface area contributed by atoms with E-state index in [4.69, 9.17) is 5.26 Å². The Morgan fingerprint density at radius 1 is 1.08 bits per heavy atom. The molecule has 2 aromatic rings. The molecule has 0 aliphatic carbocycles. The van der Waals surface area contributed by atoms with Gasteiger partial charge in [0.25, 0.3) is 11.6 Å². The molecule has 0 saturated carbocycles. The number of hydrogen-bond acceptors (Lipinski definition) is 4. The van der Waals surface area contributed by atoms with Crippen molar-refractivity contribution in [2.75, 3.05) is 13.1 Å². The van der Waals surface area contributed by atoms with Crippen molar-refractivity contribution in [3.8, 4) is 6.07 Å². The molecule has 0 radical (unpaired) electrons. The summed E-state index contributed by atoms with van der Waals surface area (Å²) in [6.07, 6.45) is 0.805. The molecule has 2 aromatic carbocycles. The Bertz CT molecular complexity index is 754. The Balaban J connectivity index is 2.19. The van der Waals surface area contributed by atoms with Crippen LogP contribution in [0.3, 0.4) is 0 Å². The van der Waals surface area contributed by atoms with E-state index in [-0.39, 0.29) is 24.2 Å². The van der Waals surface area contributed by atoms with E-state index in [1.165, 1.54) is 23.1 Å². The van der Waals surface area contributed by atoms with Crippen LogP contribution in [0, 0.1) is 21.4 Å². The molecule has 6 nitrogen and oxygen atoms in total. The molecular weight excluding hydrogens is 306 g/mol. The van der Waals surface area contributed by atoms with Crippen molar-refractivity contribution in [1.82, 2.24) is 4.90 Å². The van der Waals surface area contributed by atoms with Gasteiger partial charge in [-0.3, -0.25) is 14.9 Å². The summed E-state index contributed by atoms with van der Waals surface area (Å²) in [6, 6.07) is 17.6. The van der Waals surface area contributed by atoms with Crippen LogP contribution in [0.2, 0.25) is 0 Å². The van der Waals surface area contributed by atoms with Crippen LogP contribution in [0.5, 0.6) is 0 Å². The predicted molar refractivity (Wildman–Crippen MR) is 89.4 cm³/mol. The van der Waals surface area contributed by atoms with Crippen LogP contribution in [0.4, 0.5) is 5.69 Å². The van der Waals surface area contributed by atoms with Gasteiger partial charge in [-0.05, 0) is 18.1 Å².